The van der Waals surface area contributed by atoms with E-state index in [-0.39, 0.29) is 17.7 Å². The zero-order chi connectivity index (χ0) is 19.3. The van der Waals surface area contributed by atoms with Gasteiger partial charge in [0, 0.05) is 0 Å². The van der Waals surface area contributed by atoms with Gasteiger partial charge < -0.3 is 0 Å². The number of nitrogens with zero attached hydrogens (tertiary/aromatic N) is 3. The Kier molecular flexibility index (Phi) is 3.69. The van der Waals surface area contributed by atoms with Crippen molar-refractivity contribution in [2.45, 2.75) is 18.6 Å². The van der Waals surface area contributed by atoms with Crippen LogP contribution >= 0.6 is 0 Å². The molecule has 0 saturated heterocycles. The van der Waals surface area contributed by atoms with Crippen LogP contribution in [0.1, 0.15) is 28.4 Å². The second kappa shape index (κ2) is 5.83. The van der Waals surface area contributed by atoms with E-state index in [4.69, 9.17) is 0 Å². The molecule has 0 amide bonds. The third kappa shape index (κ3) is 2.62. The van der Waals surface area contributed by atoms with Gasteiger partial charge in [-0.05, 0) is 29.8 Å². The normalized spacial score (nSPS) is 16.6. The van der Waals surface area contributed by atoms with E-state index in [2.05, 4.69) is 0 Å². The van der Waals surface area contributed by atoms with Gasteiger partial charge in [0.05, 0.1) is 23.7 Å². The first-order valence-corrected chi connectivity index (χ1v) is 8.01. The van der Waals surface area contributed by atoms with Crippen molar-refractivity contribution >= 4 is 5.91 Å². The van der Waals surface area contributed by atoms with E-state index in [0.29, 0.717) is 4.68 Å². The average Bonchev–Trinajstić information content (AvgIpc) is 3.11. The van der Waals surface area contributed by atoms with Crippen molar-refractivity contribution in [2.75, 3.05) is 0 Å². The van der Waals surface area contributed by atoms with Gasteiger partial charge >= 0.3 is 17.6 Å². The van der Waals surface area contributed by atoms with Gasteiger partial charge in [0.25, 0.3) is 5.91 Å². The van der Waals surface area contributed by atoms with Crippen LogP contribution in [0.15, 0.2) is 64.2 Å². The predicted octanol–water partition coefficient (Wildman–Crippen LogP) is 2.45. The van der Waals surface area contributed by atoms with Gasteiger partial charge in [0.15, 0.2) is 0 Å². The molecule has 0 radical (unpaired) electrons. The summed E-state index contributed by atoms with van der Waals surface area (Å²) in [6.45, 7) is 0. The smallest absolute Gasteiger partial charge is 0.272 e. The van der Waals surface area contributed by atoms with E-state index >= 15 is 0 Å². The molecule has 1 unspecified atom stereocenters. The number of hydrogen-bond donors (Lipinski definition) is 0. The van der Waals surface area contributed by atoms with E-state index in [1.165, 1.54) is 24.3 Å². The molecule has 27 heavy (non-hydrogen) atoms. The lowest BCUT2D eigenvalue weighted by Crippen LogP contribution is -2.30. The Hall–Kier alpha value is -3.36. The first-order chi connectivity index (χ1) is 12.8. The molecule has 4 rings (SSSR count). The standard InChI is InChI=1S/C18H12F3N3O3/c19-18(20,21)12-6-4-5-11(9-12)14-10-15(25)24-17(27)22(16(26)23(14)24)13-7-2-1-3-8-13/h1-9,14H,10H2. The highest BCUT2D eigenvalue weighted by atomic mass is 19.4. The Morgan fingerprint density at radius 1 is 0.889 bits per heavy atom. The molecule has 9 heteroatoms. The molecule has 0 fully saturated rings. The summed E-state index contributed by atoms with van der Waals surface area (Å²) in [5, 5.41) is 0. The highest BCUT2D eigenvalue weighted by molar-refractivity contribution is 5.80. The fourth-order valence-electron chi connectivity index (χ4n) is 3.27. The molecule has 6 nitrogen and oxygen atoms in total. The van der Waals surface area contributed by atoms with Crippen LogP contribution in [0.2, 0.25) is 0 Å². The summed E-state index contributed by atoms with van der Waals surface area (Å²) >= 11 is 0. The third-order valence-corrected chi connectivity index (χ3v) is 4.49. The molecule has 0 spiro atoms. The van der Waals surface area contributed by atoms with Crippen LogP contribution in [0.25, 0.3) is 5.69 Å². The fourth-order valence-corrected chi connectivity index (χ4v) is 3.27. The van der Waals surface area contributed by atoms with E-state index in [0.717, 1.165) is 21.4 Å². The number of fused-ring (bicyclic) bond motifs is 1. The summed E-state index contributed by atoms with van der Waals surface area (Å²) in [6, 6.07) is 11.4. The van der Waals surface area contributed by atoms with Crippen molar-refractivity contribution < 1.29 is 18.0 Å². The van der Waals surface area contributed by atoms with Crippen LogP contribution in [-0.4, -0.2) is 19.8 Å². The molecule has 1 aliphatic heterocycles. The van der Waals surface area contributed by atoms with Gasteiger partial charge in [-0.1, -0.05) is 30.3 Å². The average molecular weight is 375 g/mol. The lowest BCUT2D eigenvalue weighted by atomic mass is 10.0. The summed E-state index contributed by atoms with van der Waals surface area (Å²) in [7, 11) is 0. The third-order valence-electron chi connectivity index (χ3n) is 4.49. The van der Waals surface area contributed by atoms with E-state index in [1.54, 1.807) is 18.2 Å². The largest absolute Gasteiger partial charge is 0.416 e. The Balaban J connectivity index is 1.91. The van der Waals surface area contributed by atoms with Crippen LogP contribution < -0.4 is 11.4 Å². The number of hydrogen-bond acceptors (Lipinski definition) is 3. The minimum absolute atomic E-state index is 0.136. The SMILES string of the molecule is O=C1CC(c2cccc(C(F)(F)F)c2)n2c(=O)n(-c3ccccc3)c(=O)n21. The minimum atomic E-state index is -4.56. The monoisotopic (exact) mass is 375 g/mol. The molecule has 3 aromatic rings. The number of halogens is 3. The lowest BCUT2D eigenvalue weighted by Gasteiger charge is -2.13. The molecule has 0 saturated carbocycles. The summed E-state index contributed by atoms with van der Waals surface area (Å²) < 4.78 is 41.5. The maximum absolute atomic E-state index is 13.0. The van der Waals surface area contributed by atoms with E-state index in [9.17, 15) is 27.6 Å². The van der Waals surface area contributed by atoms with Crippen molar-refractivity contribution in [1.29, 1.82) is 0 Å². The Labute approximate surface area is 149 Å². The number of rotatable bonds is 2. The zero-order valence-corrected chi connectivity index (χ0v) is 13.7. The predicted molar refractivity (Wildman–Crippen MR) is 89.1 cm³/mol. The maximum Gasteiger partial charge on any atom is 0.416 e. The van der Waals surface area contributed by atoms with Crippen molar-refractivity contribution in [1.82, 2.24) is 13.9 Å². The van der Waals surface area contributed by atoms with Gasteiger partial charge in [-0.25, -0.2) is 18.8 Å². The van der Waals surface area contributed by atoms with Crippen molar-refractivity contribution in [3.8, 4) is 5.69 Å². The quantitative estimate of drug-likeness (QED) is 0.691. The molecule has 0 aliphatic carbocycles. The number of carbonyl (C=O) groups excluding carboxylic acids is 1. The van der Waals surface area contributed by atoms with E-state index < -0.39 is 35.1 Å². The van der Waals surface area contributed by atoms with Gasteiger partial charge in [-0.15, -0.1) is 0 Å². The molecule has 2 heterocycles. The minimum Gasteiger partial charge on any atom is -0.272 e. The molecular formula is C18H12F3N3O3. The Bertz CT molecular complexity index is 1160. The Morgan fingerprint density at radius 2 is 1.59 bits per heavy atom. The summed E-state index contributed by atoms with van der Waals surface area (Å²) in [5.74, 6) is -0.644. The molecule has 1 atom stereocenters. The number of benzene rings is 2. The lowest BCUT2D eigenvalue weighted by molar-refractivity contribution is -0.137. The van der Waals surface area contributed by atoms with Crippen molar-refractivity contribution in [3.05, 3.63) is 86.7 Å². The van der Waals surface area contributed by atoms with Crippen LogP contribution in [-0.2, 0) is 6.18 Å². The van der Waals surface area contributed by atoms with Crippen molar-refractivity contribution in [3.63, 3.8) is 0 Å². The zero-order valence-electron chi connectivity index (χ0n) is 13.7. The summed E-state index contributed by atoms with van der Waals surface area (Å²) in [6.07, 6.45) is -4.82. The highest BCUT2D eigenvalue weighted by Crippen LogP contribution is 2.33. The summed E-state index contributed by atoms with van der Waals surface area (Å²) in [4.78, 5) is 37.7. The highest BCUT2D eigenvalue weighted by Gasteiger charge is 2.37. The van der Waals surface area contributed by atoms with E-state index in [1.807, 2.05) is 0 Å². The number of alkyl halides is 3. The molecule has 2 aromatic carbocycles. The second-order valence-corrected chi connectivity index (χ2v) is 6.13. The van der Waals surface area contributed by atoms with Gasteiger partial charge in [-0.2, -0.15) is 17.9 Å². The van der Waals surface area contributed by atoms with Crippen LogP contribution in [0.5, 0.6) is 0 Å². The Morgan fingerprint density at radius 3 is 2.26 bits per heavy atom. The second-order valence-electron chi connectivity index (χ2n) is 6.13. The molecule has 1 aromatic heterocycles. The summed E-state index contributed by atoms with van der Waals surface area (Å²) in [5.41, 5.74) is -2.09. The molecule has 138 valence electrons. The first-order valence-electron chi connectivity index (χ1n) is 8.01. The van der Waals surface area contributed by atoms with Gasteiger partial charge in [0.1, 0.15) is 0 Å². The van der Waals surface area contributed by atoms with Crippen molar-refractivity contribution in [2.24, 2.45) is 0 Å². The van der Waals surface area contributed by atoms with Gasteiger partial charge in [0.2, 0.25) is 0 Å². The number of carbonyl (C=O) groups is 1. The molecule has 1 aliphatic rings. The number of para-hydroxylation sites is 1. The van der Waals surface area contributed by atoms with Crippen LogP contribution in [0, 0.1) is 0 Å². The molecular weight excluding hydrogens is 363 g/mol. The maximum atomic E-state index is 13.0. The first kappa shape index (κ1) is 17.1. The number of aromatic nitrogens is 3. The topological polar surface area (TPSA) is 66.0 Å². The van der Waals surface area contributed by atoms with Gasteiger partial charge in [-0.3, -0.25) is 4.79 Å². The molecule has 0 N–H and O–H groups in total. The fraction of sp³-hybridized carbons (Fsp3) is 0.167. The van der Waals surface area contributed by atoms with Crippen LogP contribution in [0.3, 0.4) is 0 Å². The molecule has 0 bridgehead atoms. The van der Waals surface area contributed by atoms with Crippen LogP contribution in [0.4, 0.5) is 13.2 Å².